The van der Waals surface area contributed by atoms with Crippen molar-refractivity contribution in [1.82, 2.24) is 15.2 Å². The van der Waals surface area contributed by atoms with Crippen LogP contribution in [0.5, 0.6) is 17.4 Å². The first-order valence-corrected chi connectivity index (χ1v) is 9.08. The molecule has 0 unspecified atom stereocenters. The molecule has 1 N–H and O–H groups in total. The maximum absolute atomic E-state index is 5.77. The van der Waals surface area contributed by atoms with E-state index >= 15 is 0 Å². The first-order chi connectivity index (χ1) is 12.8. The van der Waals surface area contributed by atoms with Gasteiger partial charge in [0, 0.05) is 38.0 Å². The van der Waals surface area contributed by atoms with E-state index < -0.39 is 0 Å². The fourth-order valence-electron chi connectivity index (χ4n) is 2.87. The molecule has 2 heterocycles. The molecule has 1 aliphatic rings. The Bertz CT molecular complexity index is 731. The Kier molecular flexibility index (Phi) is 8.63. The fraction of sp³-hybridized carbons (Fsp3) is 0.400. The van der Waals surface area contributed by atoms with E-state index in [0.29, 0.717) is 18.2 Å². The van der Waals surface area contributed by atoms with Crippen molar-refractivity contribution in [3.8, 4) is 17.4 Å². The molecule has 0 radical (unpaired) electrons. The molecule has 0 saturated carbocycles. The summed E-state index contributed by atoms with van der Waals surface area (Å²) in [7, 11) is 1.64. The van der Waals surface area contributed by atoms with Gasteiger partial charge >= 0.3 is 0 Å². The van der Waals surface area contributed by atoms with Crippen molar-refractivity contribution in [1.29, 1.82) is 0 Å². The minimum Gasteiger partial charge on any atom is -0.497 e. The summed E-state index contributed by atoms with van der Waals surface area (Å²) in [6.45, 7) is 5.73. The molecular weight excluding hydrogens is 455 g/mol. The van der Waals surface area contributed by atoms with Gasteiger partial charge in [-0.25, -0.2) is 9.98 Å². The van der Waals surface area contributed by atoms with Crippen molar-refractivity contribution in [2.75, 3.05) is 26.7 Å². The van der Waals surface area contributed by atoms with Gasteiger partial charge in [0.15, 0.2) is 5.96 Å². The topological polar surface area (TPSA) is 59.0 Å². The normalized spacial score (nSPS) is 13.9. The number of aromatic nitrogens is 1. The minimum atomic E-state index is 0. The average Bonchev–Trinajstić information content (AvgIpc) is 3.21. The van der Waals surface area contributed by atoms with Gasteiger partial charge in [0.2, 0.25) is 5.88 Å². The molecule has 1 saturated heterocycles. The lowest BCUT2D eigenvalue weighted by Crippen LogP contribution is -2.39. The van der Waals surface area contributed by atoms with Gasteiger partial charge in [-0.05, 0) is 37.5 Å². The fourth-order valence-corrected chi connectivity index (χ4v) is 2.87. The second-order valence-electron chi connectivity index (χ2n) is 6.15. The summed E-state index contributed by atoms with van der Waals surface area (Å²) in [5, 5.41) is 3.37. The van der Waals surface area contributed by atoms with Gasteiger partial charge in [0.05, 0.1) is 13.7 Å². The predicted octanol–water partition coefficient (Wildman–Crippen LogP) is 4.06. The van der Waals surface area contributed by atoms with Crippen LogP contribution in [0.15, 0.2) is 47.6 Å². The van der Waals surface area contributed by atoms with Crippen LogP contribution in [0, 0.1) is 0 Å². The van der Waals surface area contributed by atoms with Crippen molar-refractivity contribution in [2.45, 2.75) is 26.3 Å². The van der Waals surface area contributed by atoms with Gasteiger partial charge in [0.1, 0.15) is 11.5 Å². The number of aliphatic imine (C=N–C) groups is 1. The highest BCUT2D eigenvalue weighted by molar-refractivity contribution is 14.0. The number of hydrogen-bond acceptors (Lipinski definition) is 4. The highest BCUT2D eigenvalue weighted by Gasteiger charge is 2.15. The Morgan fingerprint density at radius 1 is 1.19 bits per heavy atom. The van der Waals surface area contributed by atoms with E-state index in [4.69, 9.17) is 14.5 Å². The summed E-state index contributed by atoms with van der Waals surface area (Å²) in [5.41, 5.74) is 1.05. The van der Waals surface area contributed by atoms with E-state index in [9.17, 15) is 0 Å². The van der Waals surface area contributed by atoms with Crippen LogP contribution in [-0.4, -0.2) is 42.6 Å². The number of hydrogen-bond donors (Lipinski definition) is 1. The van der Waals surface area contributed by atoms with E-state index in [1.54, 1.807) is 7.11 Å². The van der Waals surface area contributed by atoms with Crippen LogP contribution in [0.1, 0.15) is 25.3 Å². The molecule has 1 aliphatic heterocycles. The highest BCUT2D eigenvalue weighted by Crippen LogP contribution is 2.23. The van der Waals surface area contributed by atoms with Crippen LogP contribution in [0.2, 0.25) is 0 Å². The van der Waals surface area contributed by atoms with Crippen molar-refractivity contribution < 1.29 is 9.47 Å². The number of rotatable bonds is 6. The maximum Gasteiger partial charge on any atom is 0.219 e. The van der Waals surface area contributed by atoms with Gasteiger partial charge in [-0.1, -0.05) is 12.1 Å². The molecule has 1 fully saturated rings. The van der Waals surface area contributed by atoms with Crippen molar-refractivity contribution in [2.24, 2.45) is 4.99 Å². The van der Waals surface area contributed by atoms with Gasteiger partial charge in [-0.15, -0.1) is 24.0 Å². The molecule has 0 aliphatic carbocycles. The van der Waals surface area contributed by atoms with E-state index in [-0.39, 0.29) is 24.0 Å². The van der Waals surface area contributed by atoms with E-state index in [0.717, 1.165) is 36.9 Å². The van der Waals surface area contributed by atoms with Crippen LogP contribution in [0.4, 0.5) is 0 Å². The SMILES string of the molecule is CCNC(=NCc1ccc(Oc2cccc(OC)c2)nc1)N1CCCC1.I. The molecular formula is C20H27IN4O2. The lowest BCUT2D eigenvalue weighted by atomic mass is 10.3. The smallest absolute Gasteiger partial charge is 0.219 e. The molecule has 2 aromatic rings. The predicted molar refractivity (Wildman–Crippen MR) is 118 cm³/mol. The molecule has 27 heavy (non-hydrogen) atoms. The number of ether oxygens (including phenoxy) is 2. The van der Waals surface area contributed by atoms with Crippen LogP contribution in [-0.2, 0) is 6.54 Å². The lowest BCUT2D eigenvalue weighted by molar-refractivity contribution is 0.407. The van der Waals surface area contributed by atoms with Crippen LogP contribution in [0.25, 0.3) is 0 Å². The zero-order chi connectivity index (χ0) is 18.2. The first kappa shape index (κ1) is 21.3. The van der Waals surface area contributed by atoms with Gasteiger partial charge in [-0.3, -0.25) is 0 Å². The first-order valence-electron chi connectivity index (χ1n) is 9.08. The zero-order valence-electron chi connectivity index (χ0n) is 15.9. The Balaban J connectivity index is 0.00000261. The number of pyridine rings is 1. The second-order valence-corrected chi connectivity index (χ2v) is 6.15. The zero-order valence-corrected chi connectivity index (χ0v) is 18.2. The number of methoxy groups -OCH3 is 1. The van der Waals surface area contributed by atoms with Crippen molar-refractivity contribution in [3.05, 3.63) is 48.2 Å². The Morgan fingerprint density at radius 3 is 2.63 bits per heavy atom. The number of nitrogens with one attached hydrogen (secondary N) is 1. The van der Waals surface area contributed by atoms with Crippen LogP contribution < -0.4 is 14.8 Å². The molecule has 0 bridgehead atoms. The van der Waals surface area contributed by atoms with Gasteiger partial charge in [0.25, 0.3) is 0 Å². The maximum atomic E-state index is 5.77. The Labute approximate surface area is 178 Å². The Hall–Kier alpha value is -2.03. The summed E-state index contributed by atoms with van der Waals surface area (Å²) in [6, 6.07) is 11.3. The molecule has 0 amide bonds. The molecule has 6 nitrogen and oxygen atoms in total. The summed E-state index contributed by atoms with van der Waals surface area (Å²) in [4.78, 5) is 11.4. The largest absolute Gasteiger partial charge is 0.497 e. The van der Waals surface area contributed by atoms with Crippen molar-refractivity contribution >= 4 is 29.9 Å². The quantitative estimate of drug-likeness (QED) is 0.383. The average molecular weight is 482 g/mol. The summed E-state index contributed by atoms with van der Waals surface area (Å²) in [5.74, 6) is 3.00. The standard InChI is InChI=1S/C20H26N4O2.HI/c1-3-21-20(24-11-4-5-12-24)23-15-16-9-10-19(22-14-16)26-18-8-6-7-17(13-18)25-2;/h6-10,13-14H,3-5,11-12,15H2,1-2H3,(H,21,23);1H. The third-order valence-electron chi connectivity index (χ3n) is 4.21. The number of nitrogens with zero attached hydrogens (tertiary/aromatic N) is 3. The number of halogens is 1. The molecule has 3 rings (SSSR count). The van der Waals surface area contributed by atoms with Crippen LogP contribution in [0.3, 0.4) is 0 Å². The van der Waals surface area contributed by atoms with E-state index in [1.807, 2.05) is 42.6 Å². The third-order valence-corrected chi connectivity index (χ3v) is 4.21. The van der Waals surface area contributed by atoms with Crippen molar-refractivity contribution in [3.63, 3.8) is 0 Å². The van der Waals surface area contributed by atoms with Gasteiger partial charge in [-0.2, -0.15) is 0 Å². The number of guanidine groups is 1. The second kappa shape index (κ2) is 11.0. The molecule has 1 aromatic carbocycles. The Morgan fingerprint density at radius 2 is 1.96 bits per heavy atom. The third kappa shape index (κ3) is 6.27. The van der Waals surface area contributed by atoms with E-state index in [2.05, 4.69) is 22.1 Å². The molecule has 0 spiro atoms. The number of benzene rings is 1. The minimum absolute atomic E-state index is 0. The number of likely N-dealkylation sites (tertiary alicyclic amines) is 1. The monoisotopic (exact) mass is 482 g/mol. The van der Waals surface area contributed by atoms with Crippen LogP contribution >= 0.6 is 24.0 Å². The summed E-state index contributed by atoms with van der Waals surface area (Å²) >= 11 is 0. The molecule has 0 atom stereocenters. The van der Waals surface area contributed by atoms with Gasteiger partial charge < -0.3 is 19.7 Å². The molecule has 146 valence electrons. The summed E-state index contributed by atoms with van der Waals surface area (Å²) < 4.78 is 11.0. The highest BCUT2D eigenvalue weighted by atomic mass is 127. The van der Waals surface area contributed by atoms with E-state index in [1.165, 1.54) is 12.8 Å². The lowest BCUT2D eigenvalue weighted by Gasteiger charge is -2.20. The molecule has 1 aromatic heterocycles. The molecule has 7 heteroatoms. The summed E-state index contributed by atoms with van der Waals surface area (Å²) in [6.07, 6.45) is 4.29.